The number of nitrogens with one attached hydrogen (secondary N) is 1. The van der Waals surface area contributed by atoms with Crippen molar-refractivity contribution >= 4 is 39.1 Å². The molecule has 1 N–H and O–H groups in total. The van der Waals surface area contributed by atoms with Crippen LogP contribution in [0, 0.1) is 0 Å². The van der Waals surface area contributed by atoms with Crippen LogP contribution in [0.3, 0.4) is 0 Å². The minimum atomic E-state index is -4.25. The average Bonchev–Trinajstić information content (AvgIpc) is 2.77. The van der Waals surface area contributed by atoms with Crippen molar-refractivity contribution in [1.29, 1.82) is 0 Å². The number of hydrogen-bond acceptors (Lipinski definition) is 3. The van der Waals surface area contributed by atoms with Gasteiger partial charge in [-0.1, -0.05) is 18.2 Å². The molecule has 102 valence electrons. The summed E-state index contributed by atoms with van der Waals surface area (Å²) < 4.78 is 36.7. The van der Waals surface area contributed by atoms with Crippen LogP contribution in [0.15, 0.2) is 29.6 Å². The van der Waals surface area contributed by atoms with Gasteiger partial charge in [-0.2, -0.15) is 13.2 Å². The second-order valence-electron chi connectivity index (χ2n) is 3.70. The fourth-order valence-electron chi connectivity index (χ4n) is 1.58. The first kappa shape index (κ1) is 14.2. The number of rotatable bonds is 4. The van der Waals surface area contributed by atoms with Gasteiger partial charge in [0.15, 0.2) is 0 Å². The van der Waals surface area contributed by atoms with Crippen LogP contribution >= 0.6 is 23.1 Å². The van der Waals surface area contributed by atoms with E-state index in [1.54, 1.807) is 5.38 Å². The summed E-state index contributed by atoms with van der Waals surface area (Å²) in [5.74, 6) is -0.516. The molecule has 19 heavy (non-hydrogen) atoms. The molecule has 1 amide bonds. The van der Waals surface area contributed by atoms with Crippen LogP contribution in [0.5, 0.6) is 0 Å². The maximum atomic E-state index is 11.9. The predicted octanol–water partition coefficient (Wildman–Crippen LogP) is 3.88. The smallest absolute Gasteiger partial charge is 0.351 e. The zero-order valence-corrected chi connectivity index (χ0v) is 11.3. The Bertz CT molecular complexity index is 580. The minimum Gasteiger partial charge on any atom is -0.351 e. The van der Waals surface area contributed by atoms with Crippen molar-refractivity contribution in [2.45, 2.75) is 5.51 Å². The summed E-state index contributed by atoms with van der Waals surface area (Å²) in [5, 5.41) is 5.04. The summed E-state index contributed by atoms with van der Waals surface area (Å²) in [5.41, 5.74) is -3.74. The number of halogens is 3. The van der Waals surface area contributed by atoms with Gasteiger partial charge in [0.05, 0.1) is 5.56 Å². The maximum absolute atomic E-state index is 11.9. The Morgan fingerprint density at radius 3 is 2.79 bits per heavy atom. The molecule has 0 aliphatic rings. The second-order valence-corrected chi connectivity index (χ2v) is 5.77. The molecule has 1 aromatic carbocycles. The van der Waals surface area contributed by atoms with Crippen LogP contribution < -0.4 is 5.32 Å². The number of fused-ring (bicyclic) bond motifs is 1. The van der Waals surface area contributed by atoms with Gasteiger partial charge in [0.2, 0.25) is 0 Å². The lowest BCUT2D eigenvalue weighted by atomic mass is 10.2. The van der Waals surface area contributed by atoms with E-state index >= 15 is 0 Å². The van der Waals surface area contributed by atoms with Crippen LogP contribution in [0.1, 0.15) is 10.4 Å². The fourth-order valence-corrected chi connectivity index (χ4v) is 2.96. The predicted molar refractivity (Wildman–Crippen MR) is 72.7 cm³/mol. The van der Waals surface area contributed by atoms with Gasteiger partial charge >= 0.3 is 5.51 Å². The highest BCUT2D eigenvalue weighted by molar-refractivity contribution is 8.00. The normalized spacial score (nSPS) is 11.7. The summed E-state index contributed by atoms with van der Waals surface area (Å²) in [6.45, 7) is -0.00676. The Labute approximate surface area is 116 Å². The highest BCUT2D eigenvalue weighted by atomic mass is 32.2. The second kappa shape index (κ2) is 5.83. The molecule has 1 heterocycles. The standard InChI is InChI=1S/C12H10F3NOS2/c13-12(14,15)19-6-5-16-11(17)9-7-18-10-4-2-1-3-8(9)10/h1-4,7H,5-6H2,(H,16,17). The molecule has 2 rings (SSSR count). The van der Waals surface area contributed by atoms with E-state index in [2.05, 4.69) is 5.32 Å². The summed E-state index contributed by atoms with van der Waals surface area (Å²) in [4.78, 5) is 11.8. The summed E-state index contributed by atoms with van der Waals surface area (Å²) in [6.07, 6.45) is 0. The third-order valence-corrected chi connectivity index (χ3v) is 4.08. The highest BCUT2D eigenvalue weighted by Crippen LogP contribution is 2.29. The first-order valence-electron chi connectivity index (χ1n) is 5.42. The van der Waals surface area contributed by atoms with Gasteiger partial charge in [-0.05, 0) is 17.8 Å². The molecule has 7 heteroatoms. The lowest BCUT2D eigenvalue weighted by molar-refractivity contribution is -0.0327. The Kier molecular flexibility index (Phi) is 4.36. The van der Waals surface area contributed by atoms with Gasteiger partial charge in [-0.3, -0.25) is 4.79 Å². The van der Waals surface area contributed by atoms with Gasteiger partial charge in [0.1, 0.15) is 0 Å². The van der Waals surface area contributed by atoms with E-state index in [1.165, 1.54) is 11.3 Å². The molecule has 0 saturated heterocycles. The number of benzene rings is 1. The first-order chi connectivity index (χ1) is 8.97. The molecule has 0 atom stereocenters. The third-order valence-electron chi connectivity index (χ3n) is 2.38. The SMILES string of the molecule is O=C(NCCSC(F)(F)F)c1csc2ccccc12. The molecule has 0 unspecified atom stereocenters. The van der Waals surface area contributed by atoms with E-state index in [4.69, 9.17) is 0 Å². The lowest BCUT2D eigenvalue weighted by Crippen LogP contribution is -2.26. The largest absolute Gasteiger partial charge is 0.441 e. The molecule has 0 aliphatic carbocycles. The number of carbonyl (C=O) groups excluding carboxylic acids is 1. The third kappa shape index (κ3) is 3.87. The van der Waals surface area contributed by atoms with Gasteiger partial charge in [0, 0.05) is 27.8 Å². The minimum absolute atomic E-state index is 0.00676. The highest BCUT2D eigenvalue weighted by Gasteiger charge is 2.27. The van der Waals surface area contributed by atoms with Gasteiger partial charge in [0.25, 0.3) is 5.91 Å². The quantitative estimate of drug-likeness (QED) is 0.868. The van der Waals surface area contributed by atoms with Crippen molar-refractivity contribution < 1.29 is 18.0 Å². The van der Waals surface area contributed by atoms with Crippen LogP contribution in [0.2, 0.25) is 0 Å². The number of hydrogen-bond donors (Lipinski definition) is 1. The van der Waals surface area contributed by atoms with Gasteiger partial charge in [-0.15, -0.1) is 11.3 Å². The topological polar surface area (TPSA) is 29.1 Å². The summed E-state index contributed by atoms with van der Waals surface area (Å²) in [6, 6.07) is 7.42. The monoisotopic (exact) mass is 305 g/mol. The number of thiophene rings is 1. The van der Waals surface area contributed by atoms with Gasteiger partial charge < -0.3 is 5.32 Å². The zero-order chi connectivity index (χ0) is 13.9. The molecule has 0 aliphatic heterocycles. The van der Waals surface area contributed by atoms with Crippen molar-refractivity contribution in [1.82, 2.24) is 5.32 Å². The molecule has 0 bridgehead atoms. The zero-order valence-electron chi connectivity index (χ0n) is 9.66. The van der Waals surface area contributed by atoms with Crippen LogP contribution in [0.25, 0.3) is 10.1 Å². The lowest BCUT2D eigenvalue weighted by Gasteiger charge is -2.06. The molecule has 0 radical (unpaired) electrons. The first-order valence-corrected chi connectivity index (χ1v) is 7.29. The van der Waals surface area contributed by atoms with E-state index in [-0.39, 0.29) is 30.0 Å². The van der Waals surface area contributed by atoms with E-state index in [0.29, 0.717) is 5.56 Å². The molecule has 0 saturated carbocycles. The summed E-state index contributed by atoms with van der Waals surface area (Å²) in [7, 11) is 0. The number of alkyl halides is 3. The van der Waals surface area contributed by atoms with Crippen LogP contribution in [-0.2, 0) is 0 Å². The summed E-state index contributed by atoms with van der Waals surface area (Å²) >= 11 is 1.30. The van der Waals surface area contributed by atoms with Crippen LogP contribution in [0.4, 0.5) is 13.2 Å². The Balaban J connectivity index is 1.93. The Hall–Kier alpha value is -1.21. The maximum Gasteiger partial charge on any atom is 0.441 e. The van der Waals surface area contributed by atoms with E-state index in [9.17, 15) is 18.0 Å². The fraction of sp³-hybridized carbons (Fsp3) is 0.250. The molecular weight excluding hydrogens is 295 g/mol. The van der Waals surface area contributed by atoms with Crippen molar-refractivity contribution in [3.8, 4) is 0 Å². The van der Waals surface area contributed by atoms with E-state index < -0.39 is 5.51 Å². The van der Waals surface area contributed by atoms with Crippen LogP contribution in [-0.4, -0.2) is 23.7 Å². The molecule has 0 fully saturated rings. The van der Waals surface area contributed by atoms with Crippen molar-refractivity contribution in [3.05, 3.63) is 35.2 Å². The Morgan fingerprint density at radius 2 is 2.05 bits per heavy atom. The average molecular weight is 305 g/mol. The molecular formula is C12H10F3NOS2. The van der Waals surface area contributed by atoms with Gasteiger partial charge in [-0.25, -0.2) is 0 Å². The molecule has 2 nitrogen and oxygen atoms in total. The molecule has 0 spiro atoms. The van der Waals surface area contributed by atoms with E-state index in [0.717, 1.165) is 10.1 Å². The van der Waals surface area contributed by atoms with Crippen molar-refractivity contribution in [2.75, 3.05) is 12.3 Å². The van der Waals surface area contributed by atoms with Crippen molar-refractivity contribution in [2.24, 2.45) is 0 Å². The Morgan fingerprint density at radius 1 is 1.32 bits per heavy atom. The molecule has 2 aromatic rings. The number of thioether (sulfide) groups is 1. The molecule has 1 aromatic heterocycles. The van der Waals surface area contributed by atoms with E-state index in [1.807, 2.05) is 24.3 Å². The van der Waals surface area contributed by atoms with Crippen molar-refractivity contribution in [3.63, 3.8) is 0 Å². The number of carbonyl (C=O) groups is 1. The number of amides is 1.